The third-order valence-corrected chi connectivity index (χ3v) is 4.07. The lowest BCUT2D eigenvalue weighted by atomic mass is 10.1. The zero-order valence-electron chi connectivity index (χ0n) is 13.2. The minimum Gasteiger partial charge on any atom is -0.311 e. The van der Waals surface area contributed by atoms with Gasteiger partial charge in [0.2, 0.25) is 11.8 Å². The SMILES string of the molecule is Cc1ccc(C)c(N2CC(C(=O)Nc3ccccn3)CC2=O)c1. The van der Waals surface area contributed by atoms with Gasteiger partial charge in [0.1, 0.15) is 5.82 Å². The highest BCUT2D eigenvalue weighted by Crippen LogP contribution is 2.29. The van der Waals surface area contributed by atoms with E-state index in [1.165, 1.54) is 0 Å². The zero-order chi connectivity index (χ0) is 16.4. The number of nitrogens with one attached hydrogen (secondary N) is 1. The number of anilines is 2. The van der Waals surface area contributed by atoms with E-state index in [1.54, 1.807) is 23.2 Å². The molecule has 1 aromatic carbocycles. The average Bonchev–Trinajstić information content (AvgIpc) is 2.92. The van der Waals surface area contributed by atoms with Crippen molar-refractivity contribution in [2.24, 2.45) is 5.92 Å². The van der Waals surface area contributed by atoms with Gasteiger partial charge in [-0.05, 0) is 43.2 Å². The molecule has 5 heteroatoms. The Morgan fingerprint density at radius 2 is 2.09 bits per heavy atom. The molecule has 0 aliphatic carbocycles. The maximum atomic E-state index is 12.4. The lowest BCUT2D eigenvalue weighted by Crippen LogP contribution is -2.28. The molecule has 1 atom stereocenters. The van der Waals surface area contributed by atoms with Crippen molar-refractivity contribution in [3.8, 4) is 0 Å². The highest BCUT2D eigenvalue weighted by Gasteiger charge is 2.35. The number of nitrogens with zero attached hydrogens (tertiary/aromatic N) is 2. The first-order chi connectivity index (χ1) is 11.0. The molecule has 1 aliphatic heterocycles. The fraction of sp³-hybridized carbons (Fsp3) is 0.278. The summed E-state index contributed by atoms with van der Waals surface area (Å²) in [5.41, 5.74) is 3.03. The van der Waals surface area contributed by atoms with Crippen LogP contribution in [0.15, 0.2) is 42.6 Å². The number of rotatable bonds is 3. The summed E-state index contributed by atoms with van der Waals surface area (Å²) >= 11 is 0. The summed E-state index contributed by atoms with van der Waals surface area (Å²) in [6.07, 6.45) is 1.85. The fourth-order valence-corrected chi connectivity index (χ4v) is 2.79. The molecule has 0 radical (unpaired) electrons. The van der Waals surface area contributed by atoms with Gasteiger partial charge in [-0.1, -0.05) is 18.2 Å². The van der Waals surface area contributed by atoms with Crippen molar-refractivity contribution in [2.75, 3.05) is 16.8 Å². The van der Waals surface area contributed by atoms with Gasteiger partial charge in [0.15, 0.2) is 0 Å². The van der Waals surface area contributed by atoms with Gasteiger partial charge >= 0.3 is 0 Å². The second kappa shape index (κ2) is 6.20. The predicted molar refractivity (Wildman–Crippen MR) is 89.2 cm³/mol. The number of hydrogen-bond acceptors (Lipinski definition) is 3. The van der Waals surface area contributed by atoms with Crippen LogP contribution in [0.3, 0.4) is 0 Å². The summed E-state index contributed by atoms with van der Waals surface area (Å²) in [4.78, 5) is 30.5. The summed E-state index contributed by atoms with van der Waals surface area (Å²) in [5.74, 6) is -0.0238. The van der Waals surface area contributed by atoms with E-state index in [2.05, 4.69) is 10.3 Å². The van der Waals surface area contributed by atoms with Crippen molar-refractivity contribution in [2.45, 2.75) is 20.3 Å². The number of pyridine rings is 1. The molecule has 1 N–H and O–H groups in total. The standard InChI is InChI=1S/C18H19N3O2/c1-12-6-7-13(2)15(9-12)21-11-14(10-17(21)22)18(23)20-16-5-3-4-8-19-16/h3-9,14H,10-11H2,1-2H3,(H,19,20,23). The Balaban J connectivity index is 1.74. The third kappa shape index (κ3) is 3.23. The molecular formula is C18H19N3O2. The summed E-state index contributed by atoms with van der Waals surface area (Å²) < 4.78 is 0. The number of carbonyl (C=O) groups excluding carboxylic acids is 2. The van der Waals surface area contributed by atoms with Gasteiger partial charge in [-0.3, -0.25) is 9.59 Å². The van der Waals surface area contributed by atoms with Crippen molar-refractivity contribution < 1.29 is 9.59 Å². The van der Waals surface area contributed by atoms with Crippen LogP contribution in [0.1, 0.15) is 17.5 Å². The molecule has 0 saturated carbocycles. The van der Waals surface area contributed by atoms with E-state index < -0.39 is 0 Å². The summed E-state index contributed by atoms with van der Waals surface area (Å²) in [5, 5.41) is 2.77. The van der Waals surface area contributed by atoms with Crippen LogP contribution in [-0.4, -0.2) is 23.3 Å². The highest BCUT2D eigenvalue weighted by molar-refractivity contribution is 6.03. The normalized spacial score (nSPS) is 17.4. The van der Waals surface area contributed by atoms with Crippen LogP contribution < -0.4 is 10.2 Å². The van der Waals surface area contributed by atoms with Crippen LogP contribution >= 0.6 is 0 Å². The molecule has 5 nitrogen and oxygen atoms in total. The monoisotopic (exact) mass is 309 g/mol. The second-order valence-electron chi connectivity index (χ2n) is 5.90. The Kier molecular flexibility index (Phi) is 4.10. The average molecular weight is 309 g/mol. The first-order valence-electron chi connectivity index (χ1n) is 7.64. The van der Waals surface area contributed by atoms with Gasteiger partial charge in [-0.25, -0.2) is 4.98 Å². The number of aryl methyl sites for hydroxylation is 2. The molecule has 3 rings (SSSR count). The first-order valence-corrected chi connectivity index (χ1v) is 7.64. The lowest BCUT2D eigenvalue weighted by molar-refractivity contribution is -0.122. The van der Waals surface area contributed by atoms with Crippen molar-refractivity contribution in [3.63, 3.8) is 0 Å². The summed E-state index contributed by atoms with van der Waals surface area (Å²) in [6.45, 7) is 4.37. The van der Waals surface area contributed by atoms with Crippen molar-refractivity contribution in [3.05, 3.63) is 53.7 Å². The van der Waals surface area contributed by atoms with Crippen LogP contribution in [0.4, 0.5) is 11.5 Å². The molecule has 23 heavy (non-hydrogen) atoms. The van der Waals surface area contributed by atoms with Crippen LogP contribution in [0.5, 0.6) is 0 Å². The Morgan fingerprint density at radius 1 is 1.26 bits per heavy atom. The van der Waals surface area contributed by atoms with Crippen LogP contribution in [0.2, 0.25) is 0 Å². The second-order valence-corrected chi connectivity index (χ2v) is 5.90. The van der Waals surface area contributed by atoms with E-state index in [4.69, 9.17) is 0 Å². The number of aromatic nitrogens is 1. The minimum atomic E-state index is -0.357. The molecular weight excluding hydrogens is 290 g/mol. The lowest BCUT2D eigenvalue weighted by Gasteiger charge is -2.19. The number of carbonyl (C=O) groups is 2. The molecule has 1 aliphatic rings. The van der Waals surface area contributed by atoms with Crippen LogP contribution in [-0.2, 0) is 9.59 Å². The molecule has 0 spiro atoms. The topological polar surface area (TPSA) is 62.3 Å². The van der Waals surface area contributed by atoms with E-state index >= 15 is 0 Å². The maximum Gasteiger partial charge on any atom is 0.230 e. The highest BCUT2D eigenvalue weighted by atomic mass is 16.2. The predicted octanol–water partition coefficient (Wildman–Crippen LogP) is 2.69. The van der Waals surface area contributed by atoms with Crippen molar-refractivity contribution in [1.82, 2.24) is 4.98 Å². The van der Waals surface area contributed by atoms with Crippen LogP contribution in [0.25, 0.3) is 0 Å². The molecule has 0 bridgehead atoms. The fourth-order valence-electron chi connectivity index (χ4n) is 2.79. The smallest absolute Gasteiger partial charge is 0.230 e. The molecule has 1 unspecified atom stereocenters. The molecule has 1 aromatic heterocycles. The van der Waals surface area contributed by atoms with E-state index in [9.17, 15) is 9.59 Å². The van der Waals surface area contributed by atoms with E-state index in [1.807, 2.05) is 38.1 Å². The largest absolute Gasteiger partial charge is 0.311 e. The summed E-state index contributed by atoms with van der Waals surface area (Å²) in [7, 11) is 0. The number of hydrogen-bond donors (Lipinski definition) is 1. The van der Waals surface area contributed by atoms with E-state index in [-0.39, 0.29) is 24.2 Å². The molecule has 2 aromatic rings. The van der Waals surface area contributed by atoms with Gasteiger partial charge in [0, 0.05) is 24.8 Å². The first kappa shape index (κ1) is 15.2. The molecule has 2 amide bonds. The van der Waals surface area contributed by atoms with Gasteiger partial charge < -0.3 is 10.2 Å². The number of benzene rings is 1. The number of amides is 2. The Morgan fingerprint density at radius 3 is 2.83 bits per heavy atom. The van der Waals surface area contributed by atoms with Gasteiger partial charge in [-0.2, -0.15) is 0 Å². The molecule has 118 valence electrons. The zero-order valence-corrected chi connectivity index (χ0v) is 13.2. The Labute approximate surface area is 135 Å². The van der Waals surface area contributed by atoms with E-state index in [0.29, 0.717) is 12.4 Å². The van der Waals surface area contributed by atoms with Gasteiger partial charge in [0.25, 0.3) is 0 Å². The van der Waals surface area contributed by atoms with Crippen LogP contribution in [0, 0.1) is 19.8 Å². The Hall–Kier alpha value is -2.69. The van der Waals surface area contributed by atoms with Gasteiger partial charge in [0.05, 0.1) is 5.92 Å². The molecule has 1 saturated heterocycles. The molecule has 2 heterocycles. The quantitative estimate of drug-likeness (QED) is 0.948. The minimum absolute atomic E-state index is 0.0140. The van der Waals surface area contributed by atoms with Crippen molar-refractivity contribution >= 4 is 23.3 Å². The van der Waals surface area contributed by atoms with Gasteiger partial charge in [-0.15, -0.1) is 0 Å². The third-order valence-electron chi connectivity index (χ3n) is 4.07. The molecule has 1 fully saturated rings. The maximum absolute atomic E-state index is 12.4. The van der Waals surface area contributed by atoms with E-state index in [0.717, 1.165) is 16.8 Å². The summed E-state index contributed by atoms with van der Waals surface area (Å²) in [6, 6.07) is 11.3. The Bertz CT molecular complexity index is 743. The van der Waals surface area contributed by atoms with Crippen molar-refractivity contribution in [1.29, 1.82) is 0 Å².